The number of hydrogen-bond donors (Lipinski definition) is 1. The van der Waals surface area contributed by atoms with Crippen LogP contribution in [0.4, 0.5) is 0 Å². The first kappa shape index (κ1) is 21.9. The average Bonchev–Trinajstić information content (AvgIpc) is 3.36. The zero-order chi connectivity index (χ0) is 22.0. The Kier molecular flexibility index (Phi) is 7.77. The van der Waals surface area contributed by atoms with Gasteiger partial charge in [-0.05, 0) is 55.3 Å². The molecular weight excluding hydrogens is 400 g/mol. The van der Waals surface area contributed by atoms with Crippen molar-refractivity contribution in [3.63, 3.8) is 0 Å². The number of nitrogens with one attached hydrogen (secondary N) is 1. The molecule has 0 spiro atoms. The molecule has 5 heteroatoms. The Morgan fingerprint density at radius 3 is 2.00 bits per heavy atom. The second kappa shape index (κ2) is 11.3. The molecule has 4 rings (SSSR count). The number of carbonyl (C=O) groups excluding carboxylic acids is 1. The van der Waals surface area contributed by atoms with E-state index in [2.05, 4.69) is 10.2 Å². The van der Waals surface area contributed by atoms with E-state index < -0.39 is 0 Å². The summed E-state index contributed by atoms with van der Waals surface area (Å²) in [4.78, 5) is 15.1. The SMILES string of the molecule is O=C(NCCN1CCCC1)c1ccc(OCc2ccccc2)c(OCc2ccccc2)c1. The van der Waals surface area contributed by atoms with Crippen LogP contribution < -0.4 is 14.8 Å². The normalized spacial score (nSPS) is 13.6. The van der Waals surface area contributed by atoms with Gasteiger partial charge in [-0.3, -0.25) is 4.79 Å². The lowest BCUT2D eigenvalue weighted by Crippen LogP contribution is -2.33. The van der Waals surface area contributed by atoms with Gasteiger partial charge in [-0.1, -0.05) is 60.7 Å². The van der Waals surface area contributed by atoms with Crippen molar-refractivity contribution in [1.29, 1.82) is 0 Å². The van der Waals surface area contributed by atoms with Gasteiger partial charge in [0.1, 0.15) is 13.2 Å². The van der Waals surface area contributed by atoms with E-state index in [-0.39, 0.29) is 5.91 Å². The third-order valence-corrected chi connectivity index (χ3v) is 5.59. The Labute approximate surface area is 190 Å². The van der Waals surface area contributed by atoms with Crippen LogP contribution in [0.1, 0.15) is 34.3 Å². The molecule has 0 aromatic heterocycles. The molecule has 32 heavy (non-hydrogen) atoms. The zero-order valence-corrected chi connectivity index (χ0v) is 18.3. The van der Waals surface area contributed by atoms with Gasteiger partial charge in [0.25, 0.3) is 5.91 Å². The summed E-state index contributed by atoms with van der Waals surface area (Å²) in [5.74, 6) is 1.10. The highest BCUT2D eigenvalue weighted by Crippen LogP contribution is 2.30. The van der Waals surface area contributed by atoms with Gasteiger partial charge in [0.15, 0.2) is 11.5 Å². The second-order valence-corrected chi connectivity index (χ2v) is 8.01. The van der Waals surface area contributed by atoms with Crippen LogP contribution in [0, 0.1) is 0 Å². The number of hydrogen-bond acceptors (Lipinski definition) is 4. The predicted molar refractivity (Wildman–Crippen MR) is 126 cm³/mol. The maximum Gasteiger partial charge on any atom is 0.251 e. The Morgan fingerprint density at radius 2 is 1.38 bits per heavy atom. The fourth-order valence-corrected chi connectivity index (χ4v) is 3.79. The molecule has 1 fully saturated rings. The van der Waals surface area contributed by atoms with Gasteiger partial charge in [0.05, 0.1) is 0 Å². The monoisotopic (exact) mass is 430 g/mol. The quantitative estimate of drug-likeness (QED) is 0.508. The van der Waals surface area contributed by atoms with Crippen molar-refractivity contribution in [3.05, 3.63) is 95.6 Å². The van der Waals surface area contributed by atoms with Crippen molar-refractivity contribution in [2.45, 2.75) is 26.1 Å². The first-order chi connectivity index (χ1) is 15.8. The van der Waals surface area contributed by atoms with Crippen molar-refractivity contribution in [2.24, 2.45) is 0 Å². The number of nitrogens with zero attached hydrogens (tertiary/aromatic N) is 1. The Morgan fingerprint density at radius 1 is 0.781 bits per heavy atom. The van der Waals surface area contributed by atoms with E-state index in [1.165, 1.54) is 12.8 Å². The zero-order valence-electron chi connectivity index (χ0n) is 18.3. The third kappa shape index (κ3) is 6.34. The summed E-state index contributed by atoms with van der Waals surface area (Å²) in [6.07, 6.45) is 2.50. The number of rotatable bonds is 10. The van der Waals surface area contributed by atoms with Crippen LogP contribution in [-0.2, 0) is 13.2 Å². The highest BCUT2D eigenvalue weighted by atomic mass is 16.5. The minimum atomic E-state index is -0.0941. The van der Waals surface area contributed by atoms with Crippen molar-refractivity contribution in [2.75, 3.05) is 26.2 Å². The minimum Gasteiger partial charge on any atom is -0.485 e. The summed E-state index contributed by atoms with van der Waals surface area (Å²) in [5.41, 5.74) is 2.70. The van der Waals surface area contributed by atoms with Crippen molar-refractivity contribution in [3.8, 4) is 11.5 Å². The van der Waals surface area contributed by atoms with Crippen LogP contribution in [0.5, 0.6) is 11.5 Å². The van der Waals surface area contributed by atoms with Crippen molar-refractivity contribution in [1.82, 2.24) is 10.2 Å². The molecule has 0 unspecified atom stereocenters. The molecule has 1 heterocycles. The number of carbonyl (C=O) groups is 1. The molecule has 1 saturated heterocycles. The molecule has 3 aromatic carbocycles. The largest absolute Gasteiger partial charge is 0.485 e. The molecule has 1 amide bonds. The highest BCUT2D eigenvalue weighted by Gasteiger charge is 2.14. The summed E-state index contributed by atoms with van der Waals surface area (Å²) >= 11 is 0. The van der Waals surface area contributed by atoms with E-state index in [0.717, 1.165) is 30.8 Å². The molecule has 0 aliphatic carbocycles. The smallest absolute Gasteiger partial charge is 0.251 e. The molecule has 0 radical (unpaired) electrons. The summed E-state index contributed by atoms with van der Waals surface area (Å²) in [6.45, 7) is 4.63. The minimum absolute atomic E-state index is 0.0941. The number of benzene rings is 3. The fourth-order valence-electron chi connectivity index (χ4n) is 3.79. The molecule has 1 aliphatic heterocycles. The summed E-state index contributed by atoms with van der Waals surface area (Å²) in [5, 5.41) is 3.03. The van der Waals surface area contributed by atoms with Crippen LogP contribution in [0.15, 0.2) is 78.9 Å². The van der Waals surface area contributed by atoms with Crippen LogP contribution in [-0.4, -0.2) is 37.0 Å². The van der Waals surface area contributed by atoms with Crippen molar-refractivity contribution >= 4 is 5.91 Å². The van der Waals surface area contributed by atoms with Gasteiger partial charge in [0, 0.05) is 18.7 Å². The van der Waals surface area contributed by atoms with E-state index in [4.69, 9.17) is 9.47 Å². The molecule has 1 N–H and O–H groups in total. The van der Waals surface area contributed by atoms with E-state index in [1.807, 2.05) is 66.7 Å². The van der Waals surface area contributed by atoms with Crippen LogP contribution in [0.2, 0.25) is 0 Å². The predicted octanol–water partition coefficient (Wildman–Crippen LogP) is 4.67. The average molecular weight is 431 g/mol. The van der Waals surface area contributed by atoms with E-state index in [9.17, 15) is 4.79 Å². The van der Waals surface area contributed by atoms with Crippen LogP contribution in [0.25, 0.3) is 0 Å². The Bertz CT molecular complexity index is 986. The van der Waals surface area contributed by atoms with Gasteiger partial charge >= 0.3 is 0 Å². The van der Waals surface area contributed by atoms with E-state index in [1.54, 1.807) is 12.1 Å². The van der Waals surface area contributed by atoms with E-state index in [0.29, 0.717) is 36.8 Å². The Hall–Kier alpha value is -3.31. The van der Waals surface area contributed by atoms with Gasteiger partial charge in [0.2, 0.25) is 0 Å². The lowest BCUT2D eigenvalue weighted by molar-refractivity contribution is 0.0949. The molecule has 166 valence electrons. The standard InChI is InChI=1S/C27H30N2O3/c30-27(28-15-18-29-16-7-8-17-29)24-13-14-25(31-20-22-9-3-1-4-10-22)26(19-24)32-21-23-11-5-2-6-12-23/h1-6,9-14,19H,7-8,15-18,20-21H2,(H,28,30). The second-order valence-electron chi connectivity index (χ2n) is 8.01. The summed E-state index contributed by atoms with van der Waals surface area (Å²) in [7, 11) is 0. The van der Waals surface area contributed by atoms with Gasteiger partial charge in [-0.15, -0.1) is 0 Å². The van der Waals surface area contributed by atoms with Crippen LogP contribution >= 0.6 is 0 Å². The molecule has 0 saturated carbocycles. The lowest BCUT2D eigenvalue weighted by atomic mass is 10.1. The Balaban J connectivity index is 1.42. The fraction of sp³-hybridized carbons (Fsp3) is 0.296. The number of ether oxygens (including phenoxy) is 2. The number of amides is 1. The molecule has 0 bridgehead atoms. The third-order valence-electron chi connectivity index (χ3n) is 5.59. The first-order valence-corrected chi connectivity index (χ1v) is 11.3. The lowest BCUT2D eigenvalue weighted by Gasteiger charge is -2.16. The van der Waals surface area contributed by atoms with Gasteiger partial charge < -0.3 is 19.7 Å². The van der Waals surface area contributed by atoms with Gasteiger partial charge in [-0.25, -0.2) is 0 Å². The summed E-state index contributed by atoms with van der Waals surface area (Å²) < 4.78 is 12.1. The maximum absolute atomic E-state index is 12.7. The van der Waals surface area contributed by atoms with E-state index >= 15 is 0 Å². The summed E-state index contributed by atoms with van der Waals surface area (Å²) in [6, 6.07) is 25.3. The van der Waals surface area contributed by atoms with Crippen LogP contribution in [0.3, 0.4) is 0 Å². The molecule has 1 aliphatic rings. The molecule has 0 atom stereocenters. The first-order valence-electron chi connectivity index (χ1n) is 11.3. The molecule has 3 aromatic rings. The van der Waals surface area contributed by atoms with Gasteiger partial charge in [-0.2, -0.15) is 0 Å². The molecular formula is C27H30N2O3. The van der Waals surface area contributed by atoms with Crippen molar-refractivity contribution < 1.29 is 14.3 Å². The topological polar surface area (TPSA) is 50.8 Å². The maximum atomic E-state index is 12.7. The number of likely N-dealkylation sites (tertiary alicyclic amines) is 1. The molecule has 5 nitrogen and oxygen atoms in total. The highest BCUT2D eigenvalue weighted by molar-refractivity contribution is 5.94.